The Morgan fingerprint density at radius 1 is 1.40 bits per heavy atom. The van der Waals surface area contributed by atoms with Crippen molar-refractivity contribution < 1.29 is 14.7 Å². The molecule has 0 bridgehead atoms. The first-order chi connectivity index (χ1) is 9.42. The second kappa shape index (κ2) is 5.63. The van der Waals surface area contributed by atoms with Crippen molar-refractivity contribution in [3.8, 4) is 0 Å². The molecule has 1 saturated carbocycles. The van der Waals surface area contributed by atoms with Crippen molar-refractivity contribution in [1.82, 2.24) is 0 Å². The summed E-state index contributed by atoms with van der Waals surface area (Å²) in [7, 11) is 0. The fraction of sp³-hybridized carbons (Fsp3) is 0.467. The lowest BCUT2D eigenvalue weighted by Gasteiger charge is -2.35. The summed E-state index contributed by atoms with van der Waals surface area (Å²) >= 11 is 0. The van der Waals surface area contributed by atoms with Gasteiger partial charge in [-0.05, 0) is 30.9 Å². The Kier molecular flexibility index (Phi) is 4.09. The topological polar surface area (TPSA) is 92.4 Å². The first-order valence-corrected chi connectivity index (χ1v) is 6.85. The van der Waals surface area contributed by atoms with Crippen molar-refractivity contribution >= 4 is 17.6 Å². The monoisotopic (exact) mass is 276 g/mol. The van der Waals surface area contributed by atoms with E-state index in [0.29, 0.717) is 24.4 Å². The summed E-state index contributed by atoms with van der Waals surface area (Å²) in [6.07, 6.45) is 3.27. The van der Waals surface area contributed by atoms with Gasteiger partial charge in [-0.15, -0.1) is 0 Å². The lowest BCUT2D eigenvalue weighted by Crippen LogP contribution is -2.53. The summed E-state index contributed by atoms with van der Waals surface area (Å²) in [6, 6.07) is 6.36. The first kappa shape index (κ1) is 14.5. The quantitative estimate of drug-likeness (QED) is 0.789. The van der Waals surface area contributed by atoms with Gasteiger partial charge in [-0.3, -0.25) is 4.79 Å². The minimum Gasteiger partial charge on any atom is -0.478 e. The summed E-state index contributed by atoms with van der Waals surface area (Å²) in [5.74, 6) is -0.948. The van der Waals surface area contributed by atoms with Crippen LogP contribution in [0.4, 0.5) is 5.69 Å². The molecule has 0 aromatic heterocycles. The maximum Gasteiger partial charge on any atom is 0.337 e. The summed E-state index contributed by atoms with van der Waals surface area (Å²) in [5.41, 5.74) is 5.68. The van der Waals surface area contributed by atoms with Gasteiger partial charge < -0.3 is 16.2 Å². The smallest absolute Gasteiger partial charge is 0.337 e. The van der Waals surface area contributed by atoms with E-state index in [2.05, 4.69) is 12.2 Å². The second-order valence-electron chi connectivity index (χ2n) is 5.66. The number of benzene rings is 1. The van der Waals surface area contributed by atoms with Gasteiger partial charge in [-0.2, -0.15) is 0 Å². The first-order valence-electron chi connectivity index (χ1n) is 6.85. The normalized spacial score (nSPS) is 26.0. The zero-order valence-corrected chi connectivity index (χ0v) is 11.6. The number of hydrogen-bond donors (Lipinski definition) is 3. The molecule has 0 spiro atoms. The molecular formula is C15H20N2O3. The van der Waals surface area contributed by atoms with Crippen LogP contribution in [0.25, 0.3) is 0 Å². The van der Waals surface area contributed by atoms with Gasteiger partial charge in [0.25, 0.3) is 0 Å². The maximum atomic E-state index is 12.4. The van der Waals surface area contributed by atoms with Crippen molar-refractivity contribution in [2.75, 3.05) is 5.32 Å². The van der Waals surface area contributed by atoms with Crippen LogP contribution in [0.15, 0.2) is 24.3 Å². The van der Waals surface area contributed by atoms with Gasteiger partial charge >= 0.3 is 5.97 Å². The van der Waals surface area contributed by atoms with Crippen LogP contribution in [0.5, 0.6) is 0 Å². The third kappa shape index (κ3) is 2.99. The number of anilines is 1. The standard InChI is InChI=1S/C15H20N2O3/c1-10-5-4-8-15(16,9-10)14(20)17-12-7-3-2-6-11(12)13(18)19/h2-3,6-7,10H,4-5,8-9,16H2,1H3,(H,17,20)(H,18,19). The van der Waals surface area contributed by atoms with Crippen LogP contribution in [0.3, 0.4) is 0 Å². The Balaban J connectivity index is 2.17. The lowest BCUT2D eigenvalue weighted by molar-refractivity contribution is -0.122. The molecular weight excluding hydrogens is 256 g/mol. The number of hydrogen-bond acceptors (Lipinski definition) is 3. The largest absolute Gasteiger partial charge is 0.478 e. The number of nitrogens with two attached hydrogens (primary N) is 1. The Morgan fingerprint density at radius 3 is 2.75 bits per heavy atom. The van der Waals surface area contributed by atoms with Crippen molar-refractivity contribution in [1.29, 1.82) is 0 Å². The third-order valence-electron chi connectivity index (χ3n) is 3.89. The van der Waals surface area contributed by atoms with E-state index in [4.69, 9.17) is 10.8 Å². The molecule has 108 valence electrons. The molecule has 0 heterocycles. The van der Waals surface area contributed by atoms with Crippen molar-refractivity contribution in [2.45, 2.75) is 38.1 Å². The fourth-order valence-corrected chi connectivity index (χ4v) is 2.82. The second-order valence-corrected chi connectivity index (χ2v) is 5.66. The average Bonchev–Trinajstić information content (AvgIpc) is 2.38. The van der Waals surface area contributed by atoms with Gasteiger partial charge in [0.05, 0.1) is 16.8 Å². The number of rotatable bonds is 3. The van der Waals surface area contributed by atoms with Gasteiger partial charge in [-0.1, -0.05) is 31.9 Å². The van der Waals surface area contributed by atoms with E-state index in [1.54, 1.807) is 18.2 Å². The molecule has 2 atom stereocenters. The molecule has 2 rings (SSSR count). The van der Waals surface area contributed by atoms with Crippen molar-refractivity contribution in [3.63, 3.8) is 0 Å². The predicted octanol–water partition coefficient (Wildman–Crippen LogP) is 2.23. The SMILES string of the molecule is CC1CCCC(N)(C(=O)Nc2ccccc2C(=O)O)C1. The van der Waals surface area contributed by atoms with Gasteiger partial charge in [0, 0.05) is 0 Å². The average molecular weight is 276 g/mol. The van der Waals surface area contributed by atoms with E-state index in [1.165, 1.54) is 6.07 Å². The number of carbonyl (C=O) groups is 2. The molecule has 2 unspecified atom stereocenters. The Morgan fingerprint density at radius 2 is 2.10 bits per heavy atom. The molecule has 1 aromatic rings. The molecule has 5 nitrogen and oxygen atoms in total. The lowest BCUT2D eigenvalue weighted by atomic mass is 9.76. The molecule has 4 N–H and O–H groups in total. The molecule has 1 fully saturated rings. The van der Waals surface area contributed by atoms with E-state index >= 15 is 0 Å². The van der Waals surface area contributed by atoms with Crippen LogP contribution in [0.1, 0.15) is 43.0 Å². The zero-order valence-electron chi connectivity index (χ0n) is 11.6. The van der Waals surface area contributed by atoms with Crippen LogP contribution < -0.4 is 11.1 Å². The minimum absolute atomic E-state index is 0.0771. The molecule has 0 aliphatic heterocycles. The maximum absolute atomic E-state index is 12.4. The molecule has 1 aliphatic rings. The van der Waals surface area contributed by atoms with Gasteiger partial charge in [-0.25, -0.2) is 4.79 Å². The van der Waals surface area contributed by atoms with Gasteiger partial charge in [0.1, 0.15) is 0 Å². The molecule has 0 radical (unpaired) electrons. The van der Waals surface area contributed by atoms with Crippen LogP contribution in [0, 0.1) is 5.92 Å². The summed E-state index contributed by atoms with van der Waals surface area (Å²) in [5, 5.41) is 11.8. The Bertz CT molecular complexity index is 530. The molecule has 20 heavy (non-hydrogen) atoms. The van der Waals surface area contributed by atoms with E-state index < -0.39 is 11.5 Å². The fourth-order valence-electron chi connectivity index (χ4n) is 2.82. The number of nitrogens with one attached hydrogen (secondary N) is 1. The van der Waals surface area contributed by atoms with Gasteiger partial charge in [0.15, 0.2) is 0 Å². The minimum atomic E-state index is -1.07. The summed E-state index contributed by atoms with van der Waals surface area (Å²) in [4.78, 5) is 23.5. The Labute approximate surface area is 118 Å². The van der Waals surface area contributed by atoms with E-state index in [1.807, 2.05) is 0 Å². The highest BCUT2D eigenvalue weighted by atomic mass is 16.4. The highest BCUT2D eigenvalue weighted by Gasteiger charge is 2.38. The number of amides is 1. The van der Waals surface area contributed by atoms with Crippen LogP contribution in [-0.2, 0) is 4.79 Å². The Hall–Kier alpha value is -1.88. The van der Waals surface area contributed by atoms with Crippen molar-refractivity contribution in [3.05, 3.63) is 29.8 Å². The molecule has 1 aromatic carbocycles. The third-order valence-corrected chi connectivity index (χ3v) is 3.89. The summed E-state index contributed by atoms with van der Waals surface area (Å²) < 4.78 is 0. The molecule has 1 amide bonds. The molecule has 5 heteroatoms. The van der Waals surface area contributed by atoms with Crippen LogP contribution >= 0.6 is 0 Å². The van der Waals surface area contributed by atoms with Crippen molar-refractivity contribution in [2.24, 2.45) is 11.7 Å². The van der Waals surface area contributed by atoms with Gasteiger partial charge in [0.2, 0.25) is 5.91 Å². The predicted molar refractivity (Wildman–Crippen MR) is 76.6 cm³/mol. The summed E-state index contributed by atoms with van der Waals surface area (Å²) in [6.45, 7) is 2.08. The highest BCUT2D eigenvalue weighted by Crippen LogP contribution is 2.31. The number of para-hydroxylation sites is 1. The number of carboxylic acid groups (broad SMARTS) is 1. The van der Waals surface area contributed by atoms with E-state index in [9.17, 15) is 9.59 Å². The van der Waals surface area contributed by atoms with E-state index in [-0.39, 0.29) is 11.5 Å². The molecule has 0 saturated heterocycles. The number of aromatic carboxylic acids is 1. The van der Waals surface area contributed by atoms with E-state index in [0.717, 1.165) is 12.8 Å². The van der Waals surface area contributed by atoms with Crippen LogP contribution in [0.2, 0.25) is 0 Å². The number of carboxylic acids is 1. The van der Waals surface area contributed by atoms with Crippen LogP contribution in [-0.4, -0.2) is 22.5 Å². The molecule has 1 aliphatic carbocycles. The zero-order chi connectivity index (χ0) is 14.8. The number of carbonyl (C=O) groups excluding carboxylic acids is 1. The highest BCUT2D eigenvalue weighted by molar-refractivity contribution is 6.03.